The lowest BCUT2D eigenvalue weighted by molar-refractivity contribution is 0.0893. The van der Waals surface area contributed by atoms with Crippen LogP contribution in [0.4, 0.5) is 0 Å². The summed E-state index contributed by atoms with van der Waals surface area (Å²) < 4.78 is 22.2. The molecule has 12 heavy (non-hydrogen) atoms. The van der Waals surface area contributed by atoms with E-state index in [1.54, 1.807) is 0 Å². The van der Waals surface area contributed by atoms with Gasteiger partial charge in [0.15, 0.2) is 9.84 Å². The van der Waals surface area contributed by atoms with Crippen LogP contribution < -0.4 is 5.90 Å². The van der Waals surface area contributed by atoms with Gasteiger partial charge in [-0.25, -0.2) is 14.3 Å². The van der Waals surface area contributed by atoms with Crippen molar-refractivity contribution in [3.8, 4) is 0 Å². The zero-order valence-electron chi connectivity index (χ0n) is 7.19. The molecule has 2 atom stereocenters. The molecule has 0 aliphatic carbocycles. The Morgan fingerprint density at radius 3 is 2.75 bits per heavy atom. The Hall–Kier alpha value is -0.130. The molecule has 2 N–H and O–H groups in total. The Balaban J connectivity index is 2.46. The second-order valence-corrected chi connectivity index (χ2v) is 5.70. The molecular formula is C7H15NO3S. The van der Waals surface area contributed by atoms with Crippen molar-refractivity contribution in [2.24, 2.45) is 17.7 Å². The molecule has 2 unspecified atom stereocenters. The molecule has 1 aliphatic heterocycles. The molecule has 1 saturated heterocycles. The number of rotatable bonds is 3. The van der Waals surface area contributed by atoms with Gasteiger partial charge in [0.2, 0.25) is 0 Å². The maximum atomic E-state index is 11.1. The van der Waals surface area contributed by atoms with Gasteiger partial charge in [0.1, 0.15) is 0 Å². The van der Waals surface area contributed by atoms with E-state index in [1.165, 1.54) is 0 Å². The zero-order chi connectivity index (χ0) is 9.19. The first-order valence-corrected chi connectivity index (χ1v) is 5.89. The van der Waals surface area contributed by atoms with Gasteiger partial charge in [-0.1, -0.05) is 6.92 Å². The van der Waals surface area contributed by atoms with E-state index in [9.17, 15) is 8.42 Å². The molecule has 0 aromatic heterocycles. The van der Waals surface area contributed by atoms with Crippen LogP contribution in [0.1, 0.15) is 13.3 Å². The SMILES string of the molecule is CC(CON)C1CCS(=O)(=O)C1. The average molecular weight is 193 g/mol. The summed E-state index contributed by atoms with van der Waals surface area (Å²) in [6.45, 7) is 2.42. The first kappa shape index (κ1) is 9.95. The highest BCUT2D eigenvalue weighted by atomic mass is 32.2. The van der Waals surface area contributed by atoms with Crippen molar-refractivity contribution in [2.45, 2.75) is 13.3 Å². The largest absolute Gasteiger partial charge is 0.304 e. The second-order valence-electron chi connectivity index (χ2n) is 3.47. The van der Waals surface area contributed by atoms with Crippen molar-refractivity contribution < 1.29 is 13.3 Å². The topological polar surface area (TPSA) is 69.4 Å². The van der Waals surface area contributed by atoms with Gasteiger partial charge in [-0.3, -0.25) is 0 Å². The summed E-state index contributed by atoms with van der Waals surface area (Å²) in [4.78, 5) is 4.49. The van der Waals surface area contributed by atoms with Gasteiger partial charge in [-0.15, -0.1) is 0 Å². The normalized spacial score (nSPS) is 30.3. The third kappa shape index (κ3) is 2.43. The van der Waals surface area contributed by atoms with Crippen molar-refractivity contribution in [1.82, 2.24) is 0 Å². The molecule has 4 nitrogen and oxygen atoms in total. The molecule has 1 aliphatic rings. The summed E-state index contributed by atoms with van der Waals surface area (Å²) in [5, 5.41) is 0. The van der Waals surface area contributed by atoms with Crippen molar-refractivity contribution in [3.05, 3.63) is 0 Å². The Morgan fingerprint density at radius 2 is 2.33 bits per heavy atom. The lowest BCUT2D eigenvalue weighted by Gasteiger charge is -2.15. The van der Waals surface area contributed by atoms with Crippen LogP contribution in [0.3, 0.4) is 0 Å². The van der Waals surface area contributed by atoms with Gasteiger partial charge < -0.3 is 4.84 Å². The third-order valence-electron chi connectivity index (χ3n) is 2.43. The fourth-order valence-corrected chi connectivity index (χ4v) is 3.54. The molecule has 1 fully saturated rings. The van der Waals surface area contributed by atoms with Crippen LogP contribution >= 0.6 is 0 Å². The van der Waals surface area contributed by atoms with Crippen LogP contribution in [-0.4, -0.2) is 26.5 Å². The number of sulfone groups is 1. The van der Waals surface area contributed by atoms with Crippen molar-refractivity contribution >= 4 is 9.84 Å². The van der Waals surface area contributed by atoms with Crippen LogP contribution in [0.2, 0.25) is 0 Å². The molecule has 5 heteroatoms. The molecule has 0 bridgehead atoms. The summed E-state index contributed by atoms with van der Waals surface area (Å²) in [5.41, 5.74) is 0. The number of hydrogen-bond acceptors (Lipinski definition) is 4. The van der Waals surface area contributed by atoms with E-state index < -0.39 is 9.84 Å². The number of hydrogen-bond donors (Lipinski definition) is 1. The predicted octanol–water partition coefficient (Wildman–Crippen LogP) is -0.0525. The van der Waals surface area contributed by atoms with Crippen LogP contribution in [0.25, 0.3) is 0 Å². The maximum absolute atomic E-state index is 11.1. The lowest BCUT2D eigenvalue weighted by Crippen LogP contribution is -2.20. The Bertz CT molecular complexity index is 237. The highest BCUT2D eigenvalue weighted by Crippen LogP contribution is 2.25. The van der Waals surface area contributed by atoms with E-state index in [2.05, 4.69) is 4.84 Å². The fraction of sp³-hybridized carbons (Fsp3) is 1.00. The van der Waals surface area contributed by atoms with E-state index >= 15 is 0 Å². The first-order valence-electron chi connectivity index (χ1n) is 4.07. The minimum atomic E-state index is -2.76. The van der Waals surface area contributed by atoms with E-state index in [4.69, 9.17) is 5.90 Å². The standard InChI is InChI=1S/C7H15NO3S/c1-6(4-11-8)7-2-3-12(9,10)5-7/h6-7H,2-5,8H2,1H3. The summed E-state index contributed by atoms with van der Waals surface area (Å²) in [5.74, 6) is 6.02. The van der Waals surface area contributed by atoms with Crippen molar-refractivity contribution in [1.29, 1.82) is 0 Å². The molecule has 0 saturated carbocycles. The van der Waals surface area contributed by atoms with Crippen molar-refractivity contribution in [3.63, 3.8) is 0 Å². The Morgan fingerprint density at radius 1 is 1.67 bits per heavy atom. The smallest absolute Gasteiger partial charge is 0.150 e. The van der Waals surface area contributed by atoms with Gasteiger partial charge in [0.05, 0.1) is 18.1 Å². The van der Waals surface area contributed by atoms with E-state index in [-0.39, 0.29) is 11.8 Å². The number of nitrogens with two attached hydrogens (primary N) is 1. The predicted molar refractivity (Wildman–Crippen MR) is 46.1 cm³/mol. The summed E-state index contributed by atoms with van der Waals surface area (Å²) in [6, 6.07) is 0. The van der Waals surface area contributed by atoms with Crippen LogP contribution in [0, 0.1) is 11.8 Å². The molecule has 0 radical (unpaired) electrons. The van der Waals surface area contributed by atoms with Crippen LogP contribution in [0.15, 0.2) is 0 Å². The molecule has 0 spiro atoms. The zero-order valence-corrected chi connectivity index (χ0v) is 8.01. The van der Waals surface area contributed by atoms with Gasteiger partial charge >= 0.3 is 0 Å². The Labute approximate surface area is 73.0 Å². The Kier molecular flexibility index (Phi) is 3.09. The molecule has 0 aromatic carbocycles. The molecule has 72 valence electrons. The fourth-order valence-electron chi connectivity index (χ4n) is 1.56. The van der Waals surface area contributed by atoms with Crippen molar-refractivity contribution in [2.75, 3.05) is 18.1 Å². The van der Waals surface area contributed by atoms with E-state index in [0.29, 0.717) is 18.1 Å². The third-order valence-corrected chi connectivity index (χ3v) is 4.23. The lowest BCUT2D eigenvalue weighted by atomic mass is 9.95. The quantitative estimate of drug-likeness (QED) is 0.638. The molecule has 0 amide bonds. The van der Waals surface area contributed by atoms with Crippen LogP contribution in [-0.2, 0) is 14.7 Å². The van der Waals surface area contributed by atoms with Gasteiger partial charge in [-0.05, 0) is 18.3 Å². The first-order chi connectivity index (χ1) is 5.55. The molecule has 1 heterocycles. The van der Waals surface area contributed by atoms with E-state index in [0.717, 1.165) is 6.42 Å². The van der Waals surface area contributed by atoms with Gasteiger partial charge in [0.25, 0.3) is 0 Å². The highest BCUT2D eigenvalue weighted by molar-refractivity contribution is 7.91. The molecule has 0 aromatic rings. The summed E-state index contributed by atoms with van der Waals surface area (Å²) >= 11 is 0. The van der Waals surface area contributed by atoms with Crippen LogP contribution in [0.5, 0.6) is 0 Å². The average Bonchev–Trinajstić information content (AvgIpc) is 2.31. The molecular weight excluding hydrogens is 178 g/mol. The minimum Gasteiger partial charge on any atom is -0.304 e. The second kappa shape index (κ2) is 3.72. The van der Waals surface area contributed by atoms with Gasteiger partial charge in [0, 0.05) is 0 Å². The van der Waals surface area contributed by atoms with Gasteiger partial charge in [-0.2, -0.15) is 0 Å². The minimum absolute atomic E-state index is 0.235. The monoisotopic (exact) mass is 193 g/mol. The summed E-state index contributed by atoms with van der Waals surface area (Å²) in [7, 11) is -2.76. The highest BCUT2D eigenvalue weighted by Gasteiger charge is 2.31. The maximum Gasteiger partial charge on any atom is 0.150 e. The van der Waals surface area contributed by atoms with E-state index in [1.807, 2.05) is 6.92 Å². The molecule has 1 rings (SSSR count). The summed E-state index contributed by atoms with van der Waals surface area (Å²) in [6.07, 6.45) is 0.757.